The van der Waals surface area contributed by atoms with Crippen LogP contribution in [0.3, 0.4) is 0 Å². The maximum Gasteiger partial charge on any atom is 0.119 e. The van der Waals surface area contributed by atoms with Crippen molar-refractivity contribution in [3.63, 3.8) is 0 Å². The summed E-state index contributed by atoms with van der Waals surface area (Å²) in [5, 5.41) is 31.3. The van der Waals surface area contributed by atoms with Crippen LogP contribution in [-0.4, -0.2) is 50.8 Å². The number of ether oxygens (including phenoxy) is 2. The lowest BCUT2D eigenvalue weighted by Gasteiger charge is -2.40. The summed E-state index contributed by atoms with van der Waals surface area (Å²) in [5.41, 5.74) is 2.69. The van der Waals surface area contributed by atoms with Crippen molar-refractivity contribution in [2.45, 2.75) is 43.9 Å². The highest BCUT2D eigenvalue weighted by atomic mass is 127. The van der Waals surface area contributed by atoms with Crippen molar-refractivity contribution < 1.29 is 24.8 Å². The summed E-state index contributed by atoms with van der Waals surface area (Å²) >= 11 is 8.49. The Bertz CT molecular complexity index is 783. The third-order valence-electron chi connectivity index (χ3n) is 4.89. The second-order valence-corrected chi connectivity index (χ2v) is 8.11. The fourth-order valence-corrected chi connectivity index (χ4v) is 4.26. The number of hydrogen-bond acceptors (Lipinski definition) is 5. The first-order valence-corrected chi connectivity index (χ1v) is 11.1. The van der Waals surface area contributed by atoms with Gasteiger partial charge < -0.3 is 24.8 Å². The third kappa shape index (κ3) is 4.80. The van der Waals surface area contributed by atoms with Crippen LogP contribution >= 0.6 is 34.2 Å². The second kappa shape index (κ2) is 9.73. The summed E-state index contributed by atoms with van der Waals surface area (Å²) in [6.45, 7) is 2.56. The summed E-state index contributed by atoms with van der Waals surface area (Å²) in [4.78, 5) is 0. The van der Waals surface area contributed by atoms with Crippen LogP contribution in [0.5, 0.6) is 5.75 Å². The molecule has 1 unspecified atom stereocenters. The van der Waals surface area contributed by atoms with Crippen molar-refractivity contribution in [3.05, 3.63) is 64.2 Å². The van der Waals surface area contributed by atoms with Gasteiger partial charge in [0, 0.05) is 9.45 Å². The molecule has 0 radical (unpaired) electrons. The lowest BCUT2D eigenvalue weighted by Crippen LogP contribution is -2.54. The van der Waals surface area contributed by atoms with Gasteiger partial charge in [-0.1, -0.05) is 58.5 Å². The molecule has 1 aliphatic rings. The second-order valence-electron chi connectivity index (χ2n) is 6.83. The van der Waals surface area contributed by atoms with Crippen molar-refractivity contribution in [1.82, 2.24) is 0 Å². The Morgan fingerprint density at radius 3 is 2.39 bits per heavy atom. The number of alkyl halides is 1. The van der Waals surface area contributed by atoms with Gasteiger partial charge in [0.25, 0.3) is 0 Å². The molecule has 2 aromatic carbocycles. The number of aliphatic hydroxyl groups is 3. The Morgan fingerprint density at radius 1 is 1.04 bits per heavy atom. The monoisotopic (exact) mass is 518 g/mol. The summed E-state index contributed by atoms with van der Waals surface area (Å²) in [6.07, 6.45) is -4.25. The van der Waals surface area contributed by atoms with Gasteiger partial charge in [-0.3, -0.25) is 0 Å². The molecule has 1 saturated heterocycles. The van der Waals surface area contributed by atoms with Gasteiger partial charge in [-0.2, -0.15) is 0 Å². The normalized spacial score (nSPS) is 27.6. The molecule has 7 heteroatoms. The van der Waals surface area contributed by atoms with E-state index in [0.29, 0.717) is 22.5 Å². The lowest BCUT2D eigenvalue weighted by atomic mass is 9.90. The van der Waals surface area contributed by atoms with E-state index in [4.69, 9.17) is 21.1 Å². The highest BCUT2D eigenvalue weighted by Gasteiger charge is 2.43. The molecule has 2 aromatic rings. The molecule has 5 nitrogen and oxygen atoms in total. The summed E-state index contributed by atoms with van der Waals surface area (Å²) in [7, 11) is 0. The SMILES string of the molecule is CCOc1ccc(Cc2cc([C@@H]3O[C@H](CI)[C@@H](O)C(O)[C@H]3O)ccc2Cl)cc1. The molecule has 3 N–H and O–H groups in total. The largest absolute Gasteiger partial charge is 0.494 e. The highest BCUT2D eigenvalue weighted by Crippen LogP contribution is 2.35. The minimum atomic E-state index is -1.26. The van der Waals surface area contributed by atoms with E-state index < -0.39 is 30.5 Å². The van der Waals surface area contributed by atoms with Gasteiger partial charge in [-0.25, -0.2) is 0 Å². The van der Waals surface area contributed by atoms with E-state index in [-0.39, 0.29) is 0 Å². The van der Waals surface area contributed by atoms with Crippen molar-refractivity contribution in [2.75, 3.05) is 11.0 Å². The number of benzene rings is 2. The van der Waals surface area contributed by atoms with Gasteiger partial charge >= 0.3 is 0 Å². The smallest absolute Gasteiger partial charge is 0.119 e. The van der Waals surface area contributed by atoms with Crippen molar-refractivity contribution in [1.29, 1.82) is 0 Å². The molecular weight excluding hydrogens is 495 g/mol. The van der Waals surface area contributed by atoms with Crippen LogP contribution in [0.1, 0.15) is 29.7 Å². The molecule has 1 heterocycles. The molecule has 0 aromatic heterocycles. The van der Waals surface area contributed by atoms with Gasteiger partial charge in [-0.15, -0.1) is 0 Å². The fourth-order valence-electron chi connectivity index (χ4n) is 3.35. The Kier molecular flexibility index (Phi) is 7.58. The third-order valence-corrected chi connectivity index (χ3v) is 6.13. The standard InChI is InChI=1S/C21H24ClIO5/c1-2-27-15-6-3-12(4-7-15)9-14-10-13(5-8-16(14)22)21-20(26)19(25)18(24)17(11-23)28-21/h3-8,10,17-21,24-26H,2,9,11H2,1H3/t17-,18-,19?,20-,21+/m1/s1. The van der Waals surface area contributed by atoms with Crippen LogP contribution in [0.4, 0.5) is 0 Å². The molecule has 0 aliphatic carbocycles. The minimum Gasteiger partial charge on any atom is -0.494 e. The first-order chi connectivity index (χ1) is 13.4. The van der Waals surface area contributed by atoms with Crippen molar-refractivity contribution in [2.24, 2.45) is 0 Å². The Labute approximate surface area is 183 Å². The van der Waals surface area contributed by atoms with Gasteiger partial charge in [0.1, 0.15) is 30.2 Å². The predicted molar refractivity (Wildman–Crippen MR) is 116 cm³/mol. The molecule has 3 rings (SSSR count). The summed E-state index contributed by atoms with van der Waals surface area (Å²) in [6, 6.07) is 13.3. The molecular formula is C21H24ClIO5. The fraction of sp³-hybridized carbons (Fsp3) is 0.429. The molecule has 28 heavy (non-hydrogen) atoms. The zero-order chi connectivity index (χ0) is 20.3. The Hall–Kier alpha value is -0.900. The van der Waals surface area contributed by atoms with Crippen LogP contribution in [0, 0.1) is 0 Å². The Morgan fingerprint density at radius 2 is 1.75 bits per heavy atom. The topological polar surface area (TPSA) is 79.2 Å². The highest BCUT2D eigenvalue weighted by molar-refractivity contribution is 14.1. The van der Waals surface area contributed by atoms with Gasteiger partial charge in [0.05, 0.1) is 12.7 Å². The molecule has 0 spiro atoms. The van der Waals surface area contributed by atoms with Crippen LogP contribution < -0.4 is 4.74 Å². The van der Waals surface area contributed by atoms with E-state index >= 15 is 0 Å². The summed E-state index contributed by atoms with van der Waals surface area (Å²) < 4.78 is 11.9. The predicted octanol–water partition coefficient (Wildman–Crippen LogP) is 3.29. The van der Waals surface area contributed by atoms with Crippen molar-refractivity contribution >= 4 is 34.2 Å². The van der Waals surface area contributed by atoms with Crippen LogP contribution in [0.25, 0.3) is 0 Å². The number of rotatable bonds is 6. The maximum atomic E-state index is 10.4. The van der Waals surface area contributed by atoms with Gasteiger partial charge in [-0.05, 0) is 48.2 Å². The van der Waals surface area contributed by atoms with Gasteiger partial charge in [0.15, 0.2) is 0 Å². The zero-order valence-corrected chi connectivity index (χ0v) is 18.4. The minimum absolute atomic E-state index is 0.506. The first-order valence-electron chi connectivity index (χ1n) is 9.20. The number of aliphatic hydroxyl groups excluding tert-OH is 3. The molecule has 1 aliphatic heterocycles. The average molecular weight is 519 g/mol. The number of halogens is 2. The first kappa shape index (κ1) is 21.8. The van der Waals surface area contributed by atoms with Gasteiger partial charge in [0.2, 0.25) is 0 Å². The van der Waals surface area contributed by atoms with E-state index in [1.807, 2.05) is 37.3 Å². The zero-order valence-electron chi connectivity index (χ0n) is 15.5. The molecule has 1 fully saturated rings. The van der Waals surface area contributed by atoms with E-state index in [0.717, 1.165) is 22.4 Å². The Balaban J connectivity index is 1.82. The molecule has 0 saturated carbocycles. The van der Waals surface area contributed by atoms with E-state index in [2.05, 4.69) is 22.6 Å². The summed E-state index contributed by atoms with van der Waals surface area (Å²) in [5.74, 6) is 0.821. The van der Waals surface area contributed by atoms with Crippen LogP contribution in [-0.2, 0) is 11.2 Å². The maximum absolute atomic E-state index is 10.4. The van der Waals surface area contributed by atoms with E-state index in [9.17, 15) is 15.3 Å². The average Bonchev–Trinajstić information content (AvgIpc) is 2.70. The quantitative estimate of drug-likeness (QED) is 0.404. The molecule has 0 amide bonds. The number of hydrogen-bond donors (Lipinski definition) is 3. The molecule has 5 atom stereocenters. The van der Waals surface area contributed by atoms with E-state index in [1.165, 1.54) is 0 Å². The van der Waals surface area contributed by atoms with Crippen molar-refractivity contribution in [3.8, 4) is 5.75 Å². The van der Waals surface area contributed by atoms with Crippen LogP contribution in [0.15, 0.2) is 42.5 Å². The van der Waals surface area contributed by atoms with Crippen LogP contribution in [0.2, 0.25) is 5.02 Å². The lowest BCUT2D eigenvalue weighted by molar-refractivity contribution is -0.217. The van der Waals surface area contributed by atoms with E-state index in [1.54, 1.807) is 12.1 Å². The molecule has 152 valence electrons. The molecule has 0 bridgehead atoms.